The van der Waals surface area contributed by atoms with Crippen LogP contribution in [-0.2, 0) is 0 Å². The molecule has 0 aliphatic rings. The fourth-order valence-electron chi connectivity index (χ4n) is 4.88. The molecule has 0 saturated heterocycles. The summed E-state index contributed by atoms with van der Waals surface area (Å²) in [5.41, 5.74) is 8.20. The Morgan fingerprint density at radius 3 is 1.55 bits per heavy atom. The average Bonchev–Trinajstić information content (AvgIpc) is 3.38. The number of hydrogen-bond acceptors (Lipinski definition) is 5. The molecule has 0 radical (unpaired) electrons. The van der Waals surface area contributed by atoms with Crippen molar-refractivity contribution in [1.29, 1.82) is 5.26 Å². The maximum atomic E-state index is 9.07. The molecule has 0 bridgehead atoms. The minimum Gasteiger partial charge on any atom is -0.456 e. The molecule has 0 N–H and O–H groups in total. The van der Waals surface area contributed by atoms with Gasteiger partial charge in [0.05, 0.1) is 11.6 Å². The number of rotatable bonds is 4. The van der Waals surface area contributed by atoms with E-state index < -0.39 is 0 Å². The highest BCUT2D eigenvalue weighted by atomic mass is 35.5. The molecule has 6 heteroatoms. The smallest absolute Gasteiger partial charge is 0.226 e. The molecule has 0 saturated carbocycles. The van der Waals surface area contributed by atoms with E-state index in [0.29, 0.717) is 17.2 Å². The van der Waals surface area contributed by atoms with Gasteiger partial charge < -0.3 is 4.42 Å². The van der Waals surface area contributed by atoms with Crippen LogP contribution in [0.25, 0.3) is 67.0 Å². The van der Waals surface area contributed by atoms with Gasteiger partial charge in [0.15, 0.2) is 11.6 Å². The van der Waals surface area contributed by atoms with Gasteiger partial charge >= 0.3 is 0 Å². The van der Waals surface area contributed by atoms with Gasteiger partial charge in [-0.2, -0.15) is 15.2 Å². The van der Waals surface area contributed by atoms with Gasteiger partial charge in [0, 0.05) is 21.9 Å². The van der Waals surface area contributed by atoms with Crippen molar-refractivity contribution in [2.24, 2.45) is 0 Å². The Morgan fingerprint density at radius 2 is 1.00 bits per heavy atom. The van der Waals surface area contributed by atoms with Crippen LogP contribution in [0.5, 0.6) is 0 Å². The Bertz CT molecular complexity index is 2060. The summed E-state index contributed by atoms with van der Waals surface area (Å²) in [7, 11) is 0. The van der Waals surface area contributed by atoms with Crippen molar-refractivity contribution in [3.8, 4) is 51.1 Å². The zero-order valence-electron chi connectivity index (χ0n) is 21.0. The molecule has 0 fully saturated rings. The average molecular weight is 535 g/mol. The molecular formula is C34H19ClN4O. The molecule has 0 aliphatic heterocycles. The highest BCUT2D eigenvalue weighted by Crippen LogP contribution is 2.35. The van der Waals surface area contributed by atoms with E-state index in [1.54, 1.807) is 0 Å². The van der Waals surface area contributed by atoms with Crippen molar-refractivity contribution in [2.45, 2.75) is 0 Å². The van der Waals surface area contributed by atoms with E-state index in [0.717, 1.165) is 55.3 Å². The van der Waals surface area contributed by atoms with Crippen LogP contribution in [0.1, 0.15) is 5.56 Å². The molecule has 7 aromatic rings. The minimum absolute atomic E-state index is 0.158. The zero-order chi connectivity index (χ0) is 27.1. The van der Waals surface area contributed by atoms with Crippen LogP contribution >= 0.6 is 11.6 Å². The second-order valence-electron chi connectivity index (χ2n) is 9.41. The number of hydrogen-bond donors (Lipinski definition) is 0. The quantitative estimate of drug-likeness (QED) is 0.225. The van der Waals surface area contributed by atoms with Crippen LogP contribution < -0.4 is 0 Å². The normalized spacial score (nSPS) is 11.1. The van der Waals surface area contributed by atoms with Crippen LogP contribution in [0, 0.1) is 11.3 Å². The molecule has 0 spiro atoms. The van der Waals surface area contributed by atoms with Crippen molar-refractivity contribution in [3.05, 3.63) is 126 Å². The maximum absolute atomic E-state index is 9.07. The first-order valence-corrected chi connectivity index (χ1v) is 13.1. The predicted octanol–water partition coefficient (Wildman–Crippen LogP) is 8.96. The van der Waals surface area contributed by atoms with Gasteiger partial charge in [-0.3, -0.25) is 0 Å². The summed E-state index contributed by atoms with van der Waals surface area (Å²) in [5.74, 6) is 1.06. The van der Waals surface area contributed by atoms with Gasteiger partial charge in [0.2, 0.25) is 5.28 Å². The maximum Gasteiger partial charge on any atom is 0.226 e. The fourth-order valence-corrected chi connectivity index (χ4v) is 5.04. The van der Waals surface area contributed by atoms with Gasteiger partial charge in [-0.05, 0) is 70.3 Å². The summed E-state index contributed by atoms with van der Waals surface area (Å²) >= 11 is 6.24. The van der Waals surface area contributed by atoms with Gasteiger partial charge in [0.1, 0.15) is 11.2 Å². The molecule has 5 nitrogen and oxygen atoms in total. The summed E-state index contributed by atoms with van der Waals surface area (Å²) in [5, 5.41) is 11.4. The minimum atomic E-state index is 0.158. The number of fused-ring (bicyclic) bond motifs is 3. The van der Waals surface area contributed by atoms with Crippen LogP contribution in [0.4, 0.5) is 0 Å². The predicted molar refractivity (Wildman–Crippen MR) is 159 cm³/mol. The highest BCUT2D eigenvalue weighted by Gasteiger charge is 2.12. The van der Waals surface area contributed by atoms with E-state index in [9.17, 15) is 0 Å². The topological polar surface area (TPSA) is 75.6 Å². The molecular weight excluding hydrogens is 516 g/mol. The molecule has 40 heavy (non-hydrogen) atoms. The Hall–Kier alpha value is -5.31. The zero-order valence-corrected chi connectivity index (χ0v) is 21.8. The summed E-state index contributed by atoms with van der Waals surface area (Å²) in [6.07, 6.45) is 0. The molecule has 2 aromatic heterocycles. The number of furan rings is 1. The van der Waals surface area contributed by atoms with E-state index in [1.807, 2.05) is 78.9 Å². The van der Waals surface area contributed by atoms with Crippen molar-refractivity contribution in [1.82, 2.24) is 15.0 Å². The standard InChI is InChI=1S/C34H19ClN4O/c35-34-38-32(24-4-2-1-3-5-24)37-33(39-34)25-12-10-23(11-13-25)27-15-17-29-28-16-14-26(18-30(28)40-31(29)19-27)22-8-6-21(20-36)7-9-22/h1-19H. The molecule has 0 aliphatic carbocycles. The number of benzene rings is 5. The second-order valence-corrected chi connectivity index (χ2v) is 9.75. The van der Waals surface area contributed by atoms with E-state index in [-0.39, 0.29) is 5.28 Å². The first-order chi connectivity index (χ1) is 19.6. The SMILES string of the molecule is N#Cc1ccc(-c2ccc3c(c2)oc2cc(-c4ccc(-c5nc(Cl)nc(-c6ccccc6)n5)cc4)ccc23)cc1. The number of halogens is 1. The molecule has 2 heterocycles. The Balaban J connectivity index is 1.20. The number of aromatic nitrogens is 3. The molecule has 0 unspecified atom stereocenters. The Labute approximate surface area is 235 Å². The van der Waals surface area contributed by atoms with Crippen molar-refractivity contribution in [3.63, 3.8) is 0 Å². The van der Waals surface area contributed by atoms with E-state index in [4.69, 9.17) is 21.3 Å². The van der Waals surface area contributed by atoms with Crippen LogP contribution in [0.3, 0.4) is 0 Å². The van der Waals surface area contributed by atoms with Crippen molar-refractivity contribution < 1.29 is 4.42 Å². The number of nitrogens with zero attached hydrogens (tertiary/aromatic N) is 4. The van der Waals surface area contributed by atoms with Crippen LogP contribution in [0.15, 0.2) is 120 Å². The lowest BCUT2D eigenvalue weighted by atomic mass is 10.0. The fraction of sp³-hybridized carbons (Fsp3) is 0. The Kier molecular flexibility index (Phi) is 5.81. The highest BCUT2D eigenvalue weighted by molar-refractivity contribution is 6.28. The van der Waals surface area contributed by atoms with E-state index in [2.05, 4.69) is 57.4 Å². The third-order valence-electron chi connectivity index (χ3n) is 6.94. The van der Waals surface area contributed by atoms with Crippen molar-refractivity contribution >= 4 is 33.5 Å². The van der Waals surface area contributed by atoms with Crippen LogP contribution in [0.2, 0.25) is 5.28 Å². The third kappa shape index (κ3) is 4.37. The summed E-state index contributed by atoms with van der Waals surface area (Å²) in [4.78, 5) is 13.3. The first kappa shape index (κ1) is 23.8. The first-order valence-electron chi connectivity index (χ1n) is 12.7. The molecule has 0 amide bonds. The van der Waals surface area contributed by atoms with Crippen molar-refractivity contribution in [2.75, 3.05) is 0 Å². The lowest BCUT2D eigenvalue weighted by Gasteiger charge is -2.06. The molecule has 5 aromatic carbocycles. The van der Waals surface area contributed by atoms with Gasteiger partial charge in [-0.1, -0.05) is 78.9 Å². The van der Waals surface area contributed by atoms with Gasteiger partial charge in [-0.15, -0.1) is 0 Å². The molecule has 188 valence electrons. The lowest BCUT2D eigenvalue weighted by molar-refractivity contribution is 0.669. The lowest BCUT2D eigenvalue weighted by Crippen LogP contribution is -1.97. The Morgan fingerprint density at radius 1 is 0.525 bits per heavy atom. The second kappa shape index (κ2) is 9.77. The molecule has 7 rings (SSSR count). The molecule has 0 atom stereocenters. The summed E-state index contributed by atoms with van der Waals surface area (Å²) in [6, 6.07) is 40.0. The number of nitriles is 1. The largest absolute Gasteiger partial charge is 0.456 e. The van der Waals surface area contributed by atoms with E-state index >= 15 is 0 Å². The van der Waals surface area contributed by atoms with Gasteiger partial charge in [-0.25, -0.2) is 4.98 Å². The van der Waals surface area contributed by atoms with Gasteiger partial charge in [0.25, 0.3) is 0 Å². The monoisotopic (exact) mass is 534 g/mol. The third-order valence-corrected chi connectivity index (χ3v) is 7.11. The van der Waals surface area contributed by atoms with E-state index in [1.165, 1.54) is 0 Å². The summed E-state index contributed by atoms with van der Waals surface area (Å²) in [6.45, 7) is 0. The summed E-state index contributed by atoms with van der Waals surface area (Å²) < 4.78 is 6.29. The van der Waals surface area contributed by atoms with Crippen LogP contribution in [-0.4, -0.2) is 15.0 Å².